The second kappa shape index (κ2) is 13.9. The maximum atomic E-state index is 12.5. The smallest absolute Gasteiger partial charge is 0.303 e. The first kappa shape index (κ1) is 33.9. The molecule has 0 spiro atoms. The van der Waals surface area contributed by atoms with E-state index in [1.54, 1.807) is 0 Å². The Balaban J connectivity index is 1.78. The molecular weight excluding hydrogens is 596 g/mol. The number of carbonyl (C=O) groups is 4. The first-order valence-corrected chi connectivity index (χ1v) is 15.6. The molecule has 0 aromatic carbocycles. The summed E-state index contributed by atoms with van der Waals surface area (Å²) in [7, 11) is 0. The molecule has 1 saturated heterocycles. The van der Waals surface area contributed by atoms with E-state index < -0.39 is 11.9 Å². The molecule has 12 heteroatoms. The molecule has 4 atom stereocenters. The number of aromatic nitrogens is 2. The van der Waals surface area contributed by atoms with Gasteiger partial charge in [0.25, 0.3) is 5.91 Å². The molecule has 1 fully saturated rings. The van der Waals surface area contributed by atoms with Gasteiger partial charge >= 0.3 is 11.9 Å². The number of aliphatic hydroxyl groups excluding tert-OH is 1. The third kappa shape index (κ3) is 7.12. The number of aliphatic carboxylic acids is 2. The number of carbonyl (C=O) groups excluding carboxylic acids is 2. The molecule has 2 aliphatic rings. The molecule has 2 aromatic rings. The zero-order chi connectivity index (χ0) is 33.2. The van der Waals surface area contributed by atoms with Crippen LogP contribution >= 0.6 is 12.6 Å². The summed E-state index contributed by atoms with van der Waals surface area (Å²) in [6.45, 7) is 11.0. The lowest BCUT2D eigenvalue weighted by Crippen LogP contribution is -2.30. The highest BCUT2D eigenvalue weighted by molar-refractivity contribution is 7.80. The summed E-state index contributed by atoms with van der Waals surface area (Å²) in [5.41, 5.74) is 7.90. The van der Waals surface area contributed by atoms with Gasteiger partial charge in [-0.3, -0.25) is 19.2 Å². The Hall–Kier alpha value is -4.03. The van der Waals surface area contributed by atoms with E-state index in [4.69, 9.17) is 0 Å². The maximum absolute atomic E-state index is 12.5. The number of carboxylic acid groups (broad SMARTS) is 2. The minimum Gasteiger partial charge on any atom is -0.481 e. The van der Waals surface area contributed by atoms with Crippen LogP contribution in [0.3, 0.4) is 0 Å². The Kier molecular flexibility index (Phi) is 10.5. The van der Waals surface area contributed by atoms with Crippen molar-refractivity contribution in [3.63, 3.8) is 0 Å². The highest BCUT2D eigenvalue weighted by Gasteiger charge is 2.38. The first-order valence-electron chi connectivity index (χ1n) is 15.1. The molecule has 2 amide bonds. The van der Waals surface area contributed by atoms with Crippen molar-refractivity contribution in [1.82, 2.24) is 20.6 Å². The number of amides is 2. The molecule has 0 radical (unpaired) electrons. The number of aromatic amines is 2. The lowest BCUT2D eigenvalue weighted by Gasteiger charge is -2.17. The van der Waals surface area contributed by atoms with Crippen LogP contribution in [-0.2, 0) is 51.5 Å². The van der Waals surface area contributed by atoms with Crippen LogP contribution in [0.5, 0.6) is 0 Å². The van der Waals surface area contributed by atoms with Gasteiger partial charge < -0.3 is 35.9 Å². The van der Waals surface area contributed by atoms with Gasteiger partial charge in [0, 0.05) is 82.4 Å². The third-order valence-electron chi connectivity index (χ3n) is 9.10. The predicted molar refractivity (Wildman–Crippen MR) is 173 cm³/mol. The van der Waals surface area contributed by atoms with E-state index in [1.807, 2.05) is 33.8 Å². The van der Waals surface area contributed by atoms with Crippen molar-refractivity contribution in [3.8, 4) is 0 Å². The van der Waals surface area contributed by atoms with Gasteiger partial charge in [0.2, 0.25) is 5.91 Å². The Morgan fingerprint density at radius 1 is 1.00 bits per heavy atom. The van der Waals surface area contributed by atoms with Gasteiger partial charge in [0.1, 0.15) is 0 Å². The van der Waals surface area contributed by atoms with E-state index in [0.29, 0.717) is 40.9 Å². The second-order valence-corrected chi connectivity index (χ2v) is 12.8. The Labute approximate surface area is 267 Å². The molecular formula is C33H42N4O7S. The normalized spacial score (nSPS) is 21.4. The number of thiol groups is 1. The molecule has 45 heavy (non-hydrogen) atoms. The van der Waals surface area contributed by atoms with Crippen LogP contribution in [0.15, 0.2) is 29.5 Å². The molecule has 0 unspecified atom stereocenters. The number of carboxylic acids is 2. The van der Waals surface area contributed by atoms with Gasteiger partial charge in [0.05, 0.1) is 12.6 Å². The number of nitrogens with one attached hydrogen (secondary N) is 4. The molecule has 242 valence electrons. The minimum atomic E-state index is -0.974. The van der Waals surface area contributed by atoms with Gasteiger partial charge in [0.15, 0.2) is 0 Å². The lowest BCUT2D eigenvalue weighted by molar-refractivity contribution is -0.138. The average molecular weight is 639 g/mol. The van der Waals surface area contributed by atoms with Gasteiger partial charge in [-0.2, -0.15) is 12.6 Å². The SMILES string of the molecule is C=CC1=C(C)[C@@H](Cc2[nH]c(Cc3[nH]c(/C=C4\NC(=O)[C@H](C)[C@H]4[C@@H](C)S)c(C)c3CCC(=O)O)c(CCC(=O)O)c2CO)NC1=O. The van der Waals surface area contributed by atoms with E-state index in [9.17, 15) is 34.5 Å². The monoisotopic (exact) mass is 638 g/mol. The lowest BCUT2D eigenvalue weighted by atomic mass is 9.91. The molecule has 7 N–H and O–H groups in total. The average Bonchev–Trinajstić information content (AvgIpc) is 3.63. The molecule has 4 heterocycles. The van der Waals surface area contributed by atoms with Crippen LogP contribution in [0.2, 0.25) is 0 Å². The summed E-state index contributed by atoms with van der Waals surface area (Å²) in [5.74, 6) is -2.57. The zero-order valence-electron chi connectivity index (χ0n) is 26.0. The molecule has 2 aromatic heterocycles. The molecule has 0 aliphatic carbocycles. The van der Waals surface area contributed by atoms with E-state index in [0.717, 1.165) is 33.8 Å². The van der Waals surface area contributed by atoms with Crippen molar-refractivity contribution in [1.29, 1.82) is 0 Å². The summed E-state index contributed by atoms with van der Waals surface area (Å²) >= 11 is 4.62. The third-order valence-corrected chi connectivity index (χ3v) is 9.42. The number of aliphatic hydroxyl groups is 1. The highest BCUT2D eigenvalue weighted by Crippen LogP contribution is 2.35. The van der Waals surface area contributed by atoms with Crippen molar-refractivity contribution >= 4 is 42.5 Å². The number of rotatable bonds is 14. The fourth-order valence-electron chi connectivity index (χ4n) is 6.62. The minimum absolute atomic E-state index is 0.0788. The summed E-state index contributed by atoms with van der Waals surface area (Å²) in [6, 6.07) is -0.321. The van der Waals surface area contributed by atoms with Crippen molar-refractivity contribution in [2.75, 3.05) is 0 Å². The Morgan fingerprint density at radius 3 is 2.18 bits per heavy atom. The summed E-state index contributed by atoms with van der Waals surface area (Å²) in [4.78, 5) is 55.0. The van der Waals surface area contributed by atoms with Gasteiger partial charge in [-0.05, 0) is 55.0 Å². The van der Waals surface area contributed by atoms with Crippen LogP contribution in [-0.4, -0.2) is 60.3 Å². The number of H-pyrrole nitrogens is 2. The summed E-state index contributed by atoms with van der Waals surface area (Å²) < 4.78 is 0. The van der Waals surface area contributed by atoms with Crippen LogP contribution < -0.4 is 10.6 Å². The van der Waals surface area contributed by atoms with Crippen LogP contribution in [0.25, 0.3) is 6.08 Å². The molecule has 0 saturated carbocycles. The van der Waals surface area contributed by atoms with Crippen LogP contribution in [0.1, 0.15) is 78.6 Å². The number of hydrogen-bond donors (Lipinski definition) is 8. The maximum Gasteiger partial charge on any atom is 0.303 e. The van der Waals surface area contributed by atoms with Crippen molar-refractivity contribution < 1.29 is 34.5 Å². The molecule has 11 nitrogen and oxygen atoms in total. The van der Waals surface area contributed by atoms with Crippen molar-refractivity contribution in [3.05, 3.63) is 74.5 Å². The van der Waals surface area contributed by atoms with Crippen LogP contribution in [0, 0.1) is 18.8 Å². The Bertz CT molecular complexity index is 1600. The fourth-order valence-corrected chi connectivity index (χ4v) is 7.04. The first-order chi connectivity index (χ1) is 21.3. The second-order valence-electron chi connectivity index (χ2n) is 12.0. The van der Waals surface area contributed by atoms with E-state index in [1.165, 1.54) is 6.08 Å². The zero-order valence-corrected chi connectivity index (χ0v) is 26.9. The largest absolute Gasteiger partial charge is 0.481 e. The predicted octanol–water partition coefficient (Wildman–Crippen LogP) is 3.35. The van der Waals surface area contributed by atoms with Crippen LogP contribution in [0.4, 0.5) is 0 Å². The topological polar surface area (TPSA) is 185 Å². The molecule has 0 bridgehead atoms. The van der Waals surface area contributed by atoms with E-state index >= 15 is 0 Å². The van der Waals surface area contributed by atoms with Gasteiger partial charge in [-0.15, -0.1) is 0 Å². The standard InChI is InChI=1S/C33H42N4O7S/c1-6-19-15(2)24(36-33(19)44)11-27-22(14-38)21(8-10-30(41)42)26(35-27)13-25-20(7-9-29(39)40)16(3)23(34-25)12-28-31(18(5)45)17(4)32(43)37-28/h6,12,17-18,24,31,34-35,38,45H,1,7-11,13-14H2,2-5H3,(H,36,44)(H,37,43)(H,39,40)(H,41,42)/b28-12-/t17-,18-,24-,31+/m1/s1. The summed E-state index contributed by atoms with van der Waals surface area (Å²) in [6.07, 6.45) is 4.26. The van der Waals surface area contributed by atoms with E-state index in [2.05, 4.69) is 39.8 Å². The van der Waals surface area contributed by atoms with Gasteiger partial charge in [-0.1, -0.05) is 26.5 Å². The number of allylic oxidation sites excluding steroid dienone is 1. The summed E-state index contributed by atoms with van der Waals surface area (Å²) in [5, 5.41) is 35.2. The molecule has 2 aliphatic heterocycles. The van der Waals surface area contributed by atoms with Crippen molar-refractivity contribution in [2.45, 2.75) is 84.1 Å². The fraction of sp³-hybridized carbons (Fsp3) is 0.455. The Morgan fingerprint density at radius 2 is 1.62 bits per heavy atom. The molecule has 4 rings (SSSR count). The quantitative estimate of drug-likeness (QED) is 0.146. The number of hydrogen-bond acceptors (Lipinski definition) is 6. The van der Waals surface area contributed by atoms with Gasteiger partial charge in [-0.25, -0.2) is 0 Å². The highest BCUT2D eigenvalue weighted by atomic mass is 32.1. The van der Waals surface area contributed by atoms with E-state index in [-0.39, 0.29) is 67.2 Å². The van der Waals surface area contributed by atoms with Crippen molar-refractivity contribution in [2.24, 2.45) is 11.8 Å².